The van der Waals surface area contributed by atoms with Gasteiger partial charge in [-0.1, -0.05) is 17.7 Å². The maximum Gasteiger partial charge on any atom is 0.417 e. The molecule has 0 unspecified atom stereocenters. The number of thiophene rings is 1. The summed E-state index contributed by atoms with van der Waals surface area (Å²) in [6.45, 7) is 1.85. The Labute approximate surface area is 211 Å². The van der Waals surface area contributed by atoms with Crippen LogP contribution in [0, 0.1) is 6.92 Å². The molecule has 0 amide bonds. The molecule has 3 heterocycles. The van der Waals surface area contributed by atoms with Gasteiger partial charge in [0.25, 0.3) is 5.78 Å². The van der Waals surface area contributed by atoms with E-state index in [-0.39, 0.29) is 15.4 Å². The maximum absolute atomic E-state index is 14.1. The Morgan fingerprint density at radius 1 is 1.14 bits per heavy atom. The summed E-state index contributed by atoms with van der Waals surface area (Å²) in [6, 6.07) is 13.9. The third-order valence-corrected chi connectivity index (χ3v) is 6.80. The molecule has 37 heavy (non-hydrogen) atoms. The largest absolute Gasteiger partial charge is 0.539 e. The van der Waals surface area contributed by atoms with Gasteiger partial charge in [-0.2, -0.15) is 13.2 Å². The Bertz CT molecular complexity index is 1640. The molecule has 0 aliphatic heterocycles. The van der Waals surface area contributed by atoms with Gasteiger partial charge in [0.2, 0.25) is 5.69 Å². The molecule has 5 aromatic rings. The third-order valence-electron chi connectivity index (χ3n) is 5.70. The number of carbonyl (C=O) groups is 1. The number of aromatic nitrogens is 3. The van der Waals surface area contributed by atoms with Crippen molar-refractivity contribution in [2.75, 3.05) is 12.8 Å². The highest BCUT2D eigenvalue weighted by atomic mass is 32.1. The number of pyridine rings is 1. The normalized spacial score (nSPS) is 11.7. The molecule has 0 radical (unpaired) electrons. The monoisotopic (exact) mass is 526 g/mol. The van der Waals surface area contributed by atoms with E-state index in [1.54, 1.807) is 48.5 Å². The number of aryl methyl sites for hydroxylation is 1. The van der Waals surface area contributed by atoms with Gasteiger partial charge in [-0.15, -0.1) is 11.3 Å². The lowest BCUT2D eigenvalue weighted by Crippen LogP contribution is -2.39. The fourth-order valence-corrected chi connectivity index (χ4v) is 4.89. The lowest BCUT2D eigenvalue weighted by atomic mass is 10.0. The average Bonchev–Trinajstić information content (AvgIpc) is 3.43. The Morgan fingerprint density at radius 3 is 2.43 bits per heavy atom. The van der Waals surface area contributed by atoms with Crippen LogP contribution in [0.5, 0.6) is 11.7 Å². The molecule has 0 atom stereocenters. The summed E-state index contributed by atoms with van der Waals surface area (Å²) < 4.78 is 53.1. The van der Waals surface area contributed by atoms with Crippen molar-refractivity contribution in [1.82, 2.24) is 10.3 Å². The summed E-state index contributed by atoms with van der Waals surface area (Å²) in [4.78, 5) is 17.4. The molecule has 2 aromatic carbocycles. The van der Waals surface area contributed by atoms with Crippen molar-refractivity contribution in [2.45, 2.75) is 13.1 Å². The van der Waals surface area contributed by atoms with Gasteiger partial charge in [0, 0.05) is 23.1 Å². The first kappa shape index (κ1) is 24.3. The molecule has 3 aromatic heterocycles. The summed E-state index contributed by atoms with van der Waals surface area (Å²) in [5.74, 6) is -1.45. The number of nitrogen functional groups attached to an aromatic ring is 1. The number of rotatable bonds is 5. The Morgan fingerprint density at radius 2 is 1.81 bits per heavy atom. The summed E-state index contributed by atoms with van der Waals surface area (Å²) in [7, 11) is 1.47. The van der Waals surface area contributed by atoms with Crippen molar-refractivity contribution < 1.29 is 37.0 Å². The number of carbonyl (C=O) groups excluding carboxylic acids is 1. The van der Waals surface area contributed by atoms with Crippen LogP contribution < -0.4 is 20.3 Å². The first-order valence-electron chi connectivity index (χ1n) is 10.7. The number of anilines is 1. The van der Waals surface area contributed by atoms with Gasteiger partial charge in [-0.25, -0.2) is 4.98 Å². The molecule has 12 heteroatoms. The molecule has 0 aliphatic carbocycles. The van der Waals surface area contributed by atoms with E-state index >= 15 is 0 Å². The third kappa shape index (κ3) is 4.25. The summed E-state index contributed by atoms with van der Waals surface area (Å²) in [5, 5.41) is 15.7. The highest BCUT2D eigenvalue weighted by Gasteiger charge is 2.38. The maximum atomic E-state index is 14.1. The van der Waals surface area contributed by atoms with Gasteiger partial charge in [0.05, 0.1) is 29.3 Å². The second-order valence-corrected chi connectivity index (χ2v) is 9.09. The summed E-state index contributed by atoms with van der Waals surface area (Å²) >= 11 is 0.660. The molecule has 8 nitrogen and oxygen atoms in total. The number of nitrogens with two attached hydrogens (primary N) is 1. The molecule has 5 rings (SSSR count). The Balaban J connectivity index is 1.68. The standard InChI is InChI=1S/C25H17F3N4O4S/c1-12-3-7-14(8-4-12)32-20(24(34)36-31-32)21(33)22-19(29)18-16(25(26,27)28)11-17(30-23(18)37-22)13-5-9-15(35-2)10-6-13/h3-11H,1-2H3,(H2-,29,31,33,34). The molecular formula is C25H17F3N4O4S. The predicted molar refractivity (Wildman–Crippen MR) is 127 cm³/mol. The lowest BCUT2D eigenvalue weighted by molar-refractivity contribution is -0.672. The molecule has 0 fully saturated rings. The molecule has 0 aliphatic rings. The summed E-state index contributed by atoms with van der Waals surface area (Å²) in [6.07, 6.45) is -4.79. The number of hydrogen-bond acceptors (Lipinski definition) is 8. The van der Waals surface area contributed by atoms with E-state index in [1.807, 2.05) is 6.92 Å². The topological polar surface area (TPSA) is 118 Å². The lowest BCUT2D eigenvalue weighted by Gasteiger charge is -2.11. The van der Waals surface area contributed by atoms with E-state index in [0.717, 1.165) is 16.3 Å². The van der Waals surface area contributed by atoms with Crippen molar-refractivity contribution in [3.8, 4) is 28.6 Å². The first-order valence-corrected chi connectivity index (χ1v) is 11.6. The van der Waals surface area contributed by atoms with Crippen molar-refractivity contribution >= 4 is 33.0 Å². The molecule has 2 N–H and O–H groups in total. The van der Waals surface area contributed by atoms with Crippen LogP contribution in [-0.4, -0.2) is 23.1 Å². The van der Waals surface area contributed by atoms with E-state index in [2.05, 4.69) is 10.3 Å². The van der Waals surface area contributed by atoms with Crippen molar-refractivity contribution in [2.24, 2.45) is 0 Å². The van der Waals surface area contributed by atoms with Crippen molar-refractivity contribution in [3.63, 3.8) is 0 Å². The molecule has 0 saturated carbocycles. The second kappa shape index (κ2) is 8.89. The van der Waals surface area contributed by atoms with Crippen molar-refractivity contribution in [3.05, 3.63) is 76.3 Å². The Kier molecular flexibility index (Phi) is 5.83. The number of alkyl halides is 3. The highest BCUT2D eigenvalue weighted by molar-refractivity contribution is 7.21. The molecule has 0 spiro atoms. The van der Waals surface area contributed by atoms with E-state index < -0.39 is 40.2 Å². The minimum absolute atomic E-state index is 0.0342. The predicted octanol–water partition coefficient (Wildman–Crippen LogP) is 4.45. The van der Waals surface area contributed by atoms with E-state index in [1.165, 1.54) is 7.11 Å². The van der Waals surface area contributed by atoms with Crippen molar-refractivity contribution in [1.29, 1.82) is 0 Å². The summed E-state index contributed by atoms with van der Waals surface area (Å²) in [5.41, 5.74) is 5.86. The van der Waals surface area contributed by atoms with Crippen LogP contribution in [0.25, 0.3) is 27.2 Å². The minimum atomic E-state index is -4.79. The number of halogens is 3. The minimum Gasteiger partial charge on any atom is -0.539 e. The zero-order valence-electron chi connectivity index (χ0n) is 19.3. The molecule has 0 saturated heterocycles. The Hall–Kier alpha value is -4.45. The number of ketones is 1. The number of ether oxygens (including phenoxy) is 1. The van der Waals surface area contributed by atoms with Gasteiger partial charge in [0.15, 0.2) is 5.95 Å². The van der Waals surface area contributed by atoms with Crippen LogP contribution >= 0.6 is 11.3 Å². The van der Waals surface area contributed by atoms with Crippen LogP contribution in [0.4, 0.5) is 18.9 Å². The van der Waals surface area contributed by atoms with Crippen LogP contribution in [0.1, 0.15) is 26.5 Å². The fourth-order valence-electron chi connectivity index (χ4n) is 3.83. The van der Waals surface area contributed by atoms with Crippen LogP contribution in [0.3, 0.4) is 0 Å². The zero-order valence-corrected chi connectivity index (χ0v) is 20.1. The van der Waals surface area contributed by atoms with Crippen LogP contribution in [-0.2, 0) is 6.18 Å². The zero-order chi connectivity index (χ0) is 26.5. The molecule has 188 valence electrons. The fraction of sp³-hybridized carbons (Fsp3) is 0.120. The number of nitrogens with zero attached hydrogens (tertiary/aromatic N) is 3. The molecular weight excluding hydrogens is 509 g/mol. The van der Waals surface area contributed by atoms with Gasteiger partial charge >= 0.3 is 11.9 Å². The van der Waals surface area contributed by atoms with E-state index in [4.69, 9.17) is 15.0 Å². The first-order chi connectivity index (χ1) is 17.6. The van der Waals surface area contributed by atoms with E-state index in [9.17, 15) is 23.1 Å². The quantitative estimate of drug-likeness (QED) is 0.266. The van der Waals surface area contributed by atoms with Gasteiger partial charge < -0.3 is 20.1 Å². The van der Waals surface area contributed by atoms with Gasteiger partial charge in [-0.3, -0.25) is 4.79 Å². The van der Waals surface area contributed by atoms with Crippen LogP contribution in [0.2, 0.25) is 0 Å². The SMILES string of the molecule is COc1ccc(-c2cc(C(F)(F)F)c3c(N)c(C(=O)c4c([O-])on[n+]4-c4ccc(C)cc4)sc3n2)cc1. The molecule has 0 bridgehead atoms. The number of hydrogen-bond donors (Lipinski definition) is 1. The van der Waals surface area contributed by atoms with E-state index in [0.29, 0.717) is 28.3 Å². The van der Waals surface area contributed by atoms with Gasteiger partial charge in [0.1, 0.15) is 15.5 Å². The average molecular weight is 526 g/mol. The van der Waals surface area contributed by atoms with Gasteiger partial charge in [-0.05, 0) is 41.9 Å². The smallest absolute Gasteiger partial charge is 0.417 e. The number of fused-ring (bicyclic) bond motifs is 1. The number of benzene rings is 2. The number of methoxy groups -OCH3 is 1. The van der Waals surface area contributed by atoms with Crippen LogP contribution in [0.15, 0.2) is 59.1 Å². The second-order valence-electron chi connectivity index (χ2n) is 8.09. The highest BCUT2D eigenvalue weighted by Crippen LogP contribution is 2.44.